The van der Waals surface area contributed by atoms with Crippen molar-refractivity contribution in [2.45, 2.75) is 111 Å². The van der Waals surface area contributed by atoms with Gasteiger partial charge in [0.05, 0.1) is 5.83 Å². The van der Waals surface area contributed by atoms with Crippen LogP contribution in [0.2, 0.25) is 0 Å². The predicted octanol–water partition coefficient (Wildman–Crippen LogP) is 9.30. The molecule has 0 saturated heterocycles. The number of carbonyl (C=O) groups excluding carboxylic acids is 1. The van der Waals surface area contributed by atoms with Crippen molar-refractivity contribution >= 4 is 17.9 Å². The van der Waals surface area contributed by atoms with Crippen molar-refractivity contribution in [3.8, 4) is 0 Å². The third kappa shape index (κ3) is 7.48. The molecule has 6 unspecified atom stereocenters. The van der Waals surface area contributed by atoms with E-state index in [0.29, 0.717) is 16.7 Å². The minimum atomic E-state index is -0.279. The number of amides is 1. The third-order valence-corrected chi connectivity index (χ3v) is 10.2. The molecule has 1 N–H and O–H groups in total. The highest BCUT2D eigenvalue weighted by atomic mass is 32.2. The lowest BCUT2D eigenvalue weighted by Gasteiger charge is -2.49. The molecule has 0 bridgehead atoms. The maximum Gasteiger partial charge on any atom is 0.230 e. The monoisotopic (exact) mass is 489 g/mol. The molecular weight excluding hydrogens is 441 g/mol. The van der Waals surface area contributed by atoms with Gasteiger partial charge in [0.15, 0.2) is 0 Å². The maximum absolute atomic E-state index is 13.2. The summed E-state index contributed by atoms with van der Waals surface area (Å²) in [6.07, 6.45) is 23.1. The van der Waals surface area contributed by atoms with E-state index in [-0.39, 0.29) is 11.7 Å². The molecule has 3 saturated carbocycles. The standard InChI is InChI=1S/C30H48FNOS/c1-5-10-26(21-23(3)31)34-32-29(33)16-9-14-25-17-18-28-27-15-8-12-22(2)11-6-7-13-24(27)19-20-30(25,28)4/h5,10,21-22,24-25,27-28H,1,6-9,11-20H2,2-4H3,(H,32,33)/b23-21+,26-10+. The molecule has 0 spiro atoms. The molecule has 3 fully saturated rings. The summed E-state index contributed by atoms with van der Waals surface area (Å²) in [5, 5.41) is 0. The van der Waals surface area contributed by atoms with Crippen LogP contribution in [0.4, 0.5) is 4.39 Å². The molecule has 0 aliphatic heterocycles. The van der Waals surface area contributed by atoms with Crippen LogP contribution in [0.3, 0.4) is 0 Å². The number of hydrogen-bond donors (Lipinski definition) is 1. The van der Waals surface area contributed by atoms with Gasteiger partial charge in [0.2, 0.25) is 5.91 Å². The van der Waals surface area contributed by atoms with Crippen LogP contribution < -0.4 is 4.72 Å². The topological polar surface area (TPSA) is 29.1 Å². The van der Waals surface area contributed by atoms with Crippen LogP contribution in [0.5, 0.6) is 0 Å². The molecule has 1 amide bonds. The fraction of sp³-hybridized carbons (Fsp3) is 0.767. The Labute approximate surface area is 212 Å². The number of nitrogens with one attached hydrogen (secondary N) is 1. The highest BCUT2D eigenvalue weighted by molar-refractivity contribution is 8.01. The average molecular weight is 490 g/mol. The van der Waals surface area contributed by atoms with Crippen molar-refractivity contribution in [3.05, 3.63) is 35.5 Å². The number of fused-ring (bicyclic) bond motifs is 3. The van der Waals surface area contributed by atoms with E-state index in [1.165, 1.54) is 102 Å². The summed E-state index contributed by atoms with van der Waals surface area (Å²) in [5.74, 6) is 4.24. The quantitative estimate of drug-likeness (QED) is 0.272. The zero-order valence-corrected chi connectivity index (χ0v) is 22.7. The van der Waals surface area contributed by atoms with Crippen LogP contribution in [-0.2, 0) is 4.79 Å². The molecule has 34 heavy (non-hydrogen) atoms. The molecule has 3 aliphatic carbocycles. The minimum absolute atomic E-state index is 0.0368. The highest BCUT2D eigenvalue weighted by Gasteiger charge is 2.52. The van der Waals surface area contributed by atoms with Crippen LogP contribution in [-0.4, -0.2) is 5.91 Å². The fourth-order valence-electron chi connectivity index (χ4n) is 7.59. The Morgan fingerprint density at radius 2 is 1.88 bits per heavy atom. The van der Waals surface area contributed by atoms with Gasteiger partial charge in [-0.25, -0.2) is 4.39 Å². The summed E-state index contributed by atoms with van der Waals surface area (Å²) in [7, 11) is 0. The smallest absolute Gasteiger partial charge is 0.230 e. The molecule has 3 rings (SSSR count). The number of halogens is 1. The zero-order valence-electron chi connectivity index (χ0n) is 21.9. The van der Waals surface area contributed by atoms with E-state index >= 15 is 0 Å². The first-order valence-corrected chi connectivity index (χ1v) is 14.8. The van der Waals surface area contributed by atoms with Gasteiger partial charge in [0.1, 0.15) is 0 Å². The number of carbonyl (C=O) groups is 1. The molecule has 0 aromatic carbocycles. The molecule has 2 nitrogen and oxygen atoms in total. The summed E-state index contributed by atoms with van der Waals surface area (Å²) < 4.78 is 16.1. The van der Waals surface area contributed by atoms with Crippen molar-refractivity contribution in [3.63, 3.8) is 0 Å². The Balaban J connectivity index is 1.50. The second-order valence-electron chi connectivity index (χ2n) is 11.7. The predicted molar refractivity (Wildman–Crippen MR) is 145 cm³/mol. The van der Waals surface area contributed by atoms with Crippen LogP contribution in [0, 0.1) is 35.0 Å². The summed E-state index contributed by atoms with van der Waals surface area (Å²) >= 11 is 1.18. The van der Waals surface area contributed by atoms with E-state index < -0.39 is 0 Å². The van der Waals surface area contributed by atoms with E-state index in [1.54, 1.807) is 12.2 Å². The van der Waals surface area contributed by atoms with Gasteiger partial charge in [0, 0.05) is 11.3 Å². The lowest BCUT2D eigenvalue weighted by molar-refractivity contribution is -0.119. The Morgan fingerprint density at radius 3 is 2.65 bits per heavy atom. The zero-order chi connectivity index (χ0) is 24.6. The molecule has 0 aromatic heterocycles. The van der Waals surface area contributed by atoms with Crippen molar-refractivity contribution in [1.29, 1.82) is 0 Å². The Bertz CT molecular complexity index is 742. The first-order chi connectivity index (χ1) is 16.3. The lowest BCUT2D eigenvalue weighted by atomic mass is 9.56. The average Bonchev–Trinajstić information content (AvgIpc) is 3.12. The number of hydrogen-bond acceptors (Lipinski definition) is 2. The molecule has 0 heterocycles. The largest absolute Gasteiger partial charge is 0.296 e. The van der Waals surface area contributed by atoms with Gasteiger partial charge in [-0.05, 0) is 111 Å². The van der Waals surface area contributed by atoms with Gasteiger partial charge in [-0.15, -0.1) is 0 Å². The van der Waals surface area contributed by atoms with Crippen molar-refractivity contribution in [1.82, 2.24) is 4.72 Å². The summed E-state index contributed by atoms with van der Waals surface area (Å²) in [6.45, 7) is 10.1. The van der Waals surface area contributed by atoms with E-state index in [2.05, 4.69) is 25.1 Å². The SMILES string of the molecule is C=C/C=C(\C=C(/C)F)SNC(=O)CCCC1CCC2C3CCCC(C)CCCCC3CCC12C. The van der Waals surface area contributed by atoms with Crippen molar-refractivity contribution in [2.24, 2.45) is 35.0 Å². The molecule has 6 atom stereocenters. The Kier molecular flexibility index (Phi) is 10.8. The van der Waals surface area contributed by atoms with E-state index in [4.69, 9.17) is 0 Å². The fourth-order valence-corrected chi connectivity index (χ4v) is 8.31. The minimum Gasteiger partial charge on any atom is -0.296 e. The summed E-state index contributed by atoms with van der Waals surface area (Å²) in [6, 6.07) is 0. The highest BCUT2D eigenvalue weighted by Crippen LogP contribution is 2.61. The molecule has 0 radical (unpaired) electrons. The normalized spacial score (nSPS) is 35.2. The Morgan fingerprint density at radius 1 is 1.12 bits per heavy atom. The van der Waals surface area contributed by atoms with Crippen LogP contribution in [0.25, 0.3) is 0 Å². The first-order valence-electron chi connectivity index (χ1n) is 14.0. The van der Waals surface area contributed by atoms with E-state index in [9.17, 15) is 9.18 Å². The summed E-state index contributed by atoms with van der Waals surface area (Å²) in [5.41, 5.74) is 0.478. The van der Waals surface area contributed by atoms with Crippen LogP contribution >= 0.6 is 11.9 Å². The second kappa shape index (κ2) is 13.3. The van der Waals surface area contributed by atoms with Crippen LogP contribution in [0.15, 0.2) is 35.5 Å². The summed E-state index contributed by atoms with van der Waals surface area (Å²) in [4.78, 5) is 13.1. The second-order valence-corrected chi connectivity index (χ2v) is 12.6. The molecule has 4 heteroatoms. The third-order valence-electron chi connectivity index (χ3n) is 9.40. The van der Waals surface area contributed by atoms with Crippen LogP contribution in [0.1, 0.15) is 111 Å². The lowest BCUT2D eigenvalue weighted by Crippen LogP contribution is -2.41. The van der Waals surface area contributed by atoms with E-state index in [0.717, 1.165) is 36.0 Å². The molecule has 192 valence electrons. The number of rotatable bonds is 8. The van der Waals surface area contributed by atoms with Crippen molar-refractivity contribution < 1.29 is 9.18 Å². The van der Waals surface area contributed by atoms with Gasteiger partial charge in [-0.3, -0.25) is 9.52 Å². The van der Waals surface area contributed by atoms with Gasteiger partial charge in [-0.2, -0.15) is 0 Å². The van der Waals surface area contributed by atoms with Gasteiger partial charge in [0.25, 0.3) is 0 Å². The van der Waals surface area contributed by atoms with Gasteiger partial charge < -0.3 is 0 Å². The van der Waals surface area contributed by atoms with Gasteiger partial charge >= 0.3 is 0 Å². The number of allylic oxidation sites excluding steroid dienone is 4. The molecular formula is C30H48FNOS. The maximum atomic E-state index is 13.2. The van der Waals surface area contributed by atoms with Gasteiger partial charge in [-0.1, -0.05) is 65.0 Å². The Hall–Kier alpha value is -1.03. The first kappa shape index (κ1) is 27.6. The molecule has 0 aromatic rings. The van der Waals surface area contributed by atoms with E-state index in [1.807, 2.05) is 0 Å². The van der Waals surface area contributed by atoms with Crippen molar-refractivity contribution in [2.75, 3.05) is 0 Å². The molecule has 3 aliphatic rings.